The van der Waals surface area contributed by atoms with E-state index in [9.17, 15) is 18.8 Å². The minimum Gasteiger partial charge on any atom is -0.457 e. The Morgan fingerprint density at radius 2 is 1.87 bits per heavy atom. The summed E-state index contributed by atoms with van der Waals surface area (Å²) in [6.45, 7) is 2.58. The van der Waals surface area contributed by atoms with Crippen molar-refractivity contribution in [3.63, 3.8) is 0 Å². The van der Waals surface area contributed by atoms with Crippen molar-refractivity contribution in [2.45, 2.75) is 25.9 Å². The molecule has 4 unspecified atom stereocenters. The highest BCUT2D eigenvalue weighted by atomic mass is 35.5. The van der Waals surface area contributed by atoms with E-state index in [0.717, 1.165) is 6.92 Å². The first-order valence-electron chi connectivity index (χ1n) is 9.85. The zero-order valence-corrected chi connectivity index (χ0v) is 17.6. The minimum absolute atomic E-state index is 0.0804. The Balaban J connectivity index is 1.39. The second-order valence-corrected chi connectivity index (χ2v) is 8.64. The lowest BCUT2D eigenvalue weighted by molar-refractivity contribution is -0.151. The van der Waals surface area contributed by atoms with E-state index in [0.29, 0.717) is 17.1 Å². The highest BCUT2D eigenvalue weighted by Gasteiger charge is 2.85. The van der Waals surface area contributed by atoms with Crippen LogP contribution < -0.4 is 4.74 Å². The number of hydrogen-bond donors (Lipinski definition) is 0. The lowest BCUT2D eigenvalue weighted by Gasteiger charge is -2.18. The molecule has 5 atom stereocenters. The molecule has 0 aliphatic heterocycles. The SMILES string of the molecule is CC(F)(F)/C(Cl)=C/C1C2C(C(=O)O[C@H](C#N)c3cccc(Oc4ccccc4)c3)C12C. The Bertz CT molecular complexity index is 1080. The van der Waals surface area contributed by atoms with Crippen LogP contribution in [0.1, 0.15) is 25.5 Å². The quantitative estimate of drug-likeness (QED) is 0.475. The van der Waals surface area contributed by atoms with Gasteiger partial charge in [0.05, 0.1) is 11.0 Å². The summed E-state index contributed by atoms with van der Waals surface area (Å²) in [5.41, 5.74) is 0.0645. The summed E-state index contributed by atoms with van der Waals surface area (Å²) in [7, 11) is 0. The fourth-order valence-electron chi connectivity index (χ4n) is 4.18. The van der Waals surface area contributed by atoms with Crippen LogP contribution in [0.15, 0.2) is 65.7 Å². The molecule has 7 heteroatoms. The third-order valence-corrected chi connectivity index (χ3v) is 6.58. The van der Waals surface area contributed by atoms with Gasteiger partial charge < -0.3 is 9.47 Å². The Kier molecular flexibility index (Phi) is 5.26. The van der Waals surface area contributed by atoms with E-state index in [1.54, 1.807) is 36.4 Å². The van der Waals surface area contributed by atoms with Crippen LogP contribution in [0.5, 0.6) is 11.5 Å². The number of hydrogen-bond acceptors (Lipinski definition) is 4. The van der Waals surface area contributed by atoms with Crippen molar-refractivity contribution in [3.8, 4) is 17.6 Å². The first-order valence-corrected chi connectivity index (χ1v) is 10.2. The van der Waals surface area contributed by atoms with Gasteiger partial charge in [0.15, 0.2) is 0 Å². The van der Waals surface area contributed by atoms with E-state index in [-0.39, 0.29) is 11.8 Å². The first-order chi connectivity index (χ1) is 14.7. The molecule has 0 bridgehead atoms. The second-order valence-electron chi connectivity index (χ2n) is 8.23. The molecule has 4 rings (SSSR count). The molecule has 160 valence electrons. The smallest absolute Gasteiger partial charge is 0.311 e. The molecule has 4 nitrogen and oxygen atoms in total. The van der Waals surface area contributed by atoms with Gasteiger partial charge >= 0.3 is 5.97 Å². The molecular weight excluding hydrogens is 424 g/mol. The van der Waals surface area contributed by atoms with Gasteiger partial charge in [0.2, 0.25) is 6.10 Å². The fraction of sp³-hybridized carbons (Fsp3) is 0.333. The topological polar surface area (TPSA) is 59.3 Å². The third-order valence-electron chi connectivity index (χ3n) is 6.12. The summed E-state index contributed by atoms with van der Waals surface area (Å²) in [5.74, 6) is -3.11. The predicted molar refractivity (Wildman–Crippen MR) is 111 cm³/mol. The Hall–Kier alpha value is -2.91. The zero-order chi connectivity index (χ0) is 22.4. The van der Waals surface area contributed by atoms with Crippen LogP contribution in [0, 0.1) is 34.5 Å². The van der Waals surface area contributed by atoms with E-state index in [1.807, 2.05) is 31.2 Å². The number of nitriles is 1. The maximum absolute atomic E-state index is 13.3. The van der Waals surface area contributed by atoms with Gasteiger partial charge in [-0.05, 0) is 41.5 Å². The number of alkyl halides is 2. The van der Waals surface area contributed by atoms with Crippen LogP contribution in [0.3, 0.4) is 0 Å². The van der Waals surface area contributed by atoms with Gasteiger partial charge in [-0.3, -0.25) is 4.79 Å². The van der Waals surface area contributed by atoms with Crippen LogP contribution in [0.4, 0.5) is 8.78 Å². The Labute approximate surface area is 184 Å². The molecule has 0 spiro atoms. The van der Waals surface area contributed by atoms with Crippen molar-refractivity contribution < 1.29 is 23.0 Å². The average molecular weight is 444 g/mol. The Morgan fingerprint density at radius 3 is 2.48 bits per heavy atom. The number of ether oxygens (including phenoxy) is 2. The molecular formula is C24H20ClF2NO3. The fourth-order valence-corrected chi connectivity index (χ4v) is 4.31. The van der Waals surface area contributed by atoms with Gasteiger partial charge in [-0.2, -0.15) is 5.26 Å². The number of benzene rings is 2. The van der Waals surface area contributed by atoms with Crippen LogP contribution in [0.25, 0.3) is 0 Å². The molecule has 2 aliphatic carbocycles. The monoisotopic (exact) mass is 443 g/mol. The number of fused-ring (bicyclic) bond motifs is 1. The van der Waals surface area contributed by atoms with Gasteiger partial charge in [0, 0.05) is 12.5 Å². The van der Waals surface area contributed by atoms with E-state index >= 15 is 0 Å². The van der Waals surface area contributed by atoms with Crippen LogP contribution in [0.2, 0.25) is 0 Å². The van der Waals surface area contributed by atoms with Crippen molar-refractivity contribution in [3.05, 3.63) is 71.3 Å². The number of esters is 1. The molecule has 2 aromatic carbocycles. The van der Waals surface area contributed by atoms with Crippen molar-refractivity contribution in [1.82, 2.24) is 0 Å². The summed E-state index contributed by atoms with van der Waals surface area (Å²) in [6.07, 6.45) is 0.246. The molecule has 0 amide bonds. The van der Waals surface area contributed by atoms with Gasteiger partial charge in [0.25, 0.3) is 5.92 Å². The van der Waals surface area contributed by atoms with Gasteiger partial charge in [0.1, 0.15) is 17.6 Å². The molecule has 2 aliphatic rings. The van der Waals surface area contributed by atoms with E-state index in [2.05, 4.69) is 0 Å². The normalized spacial score (nSPS) is 27.5. The summed E-state index contributed by atoms with van der Waals surface area (Å²) in [4.78, 5) is 12.6. The molecule has 2 aromatic rings. The molecule has 0 radical (unpaired) electrons. The summed E-state index contributed by atoms with van der Waals surface area (Å²) in [6, 6.07) is 18.0. The Morgan fingerprint density at radius 1 is 1.23 bits per heavy atom. The lowest BCUT2D eigenvalue weighted by atomic mass is 9.96. The standard InChI is InChI=1S/C24H20ClF2NO3/c1-23-17(12-19(25)24(2,26)27)20(23)21(23)22(29)31-18(13-28)14-7-6-10-16(11-14)30-15-8-4-3-5-9-15/h3-12,17-18,20-21H,1-2H3/b19-12-/t17?,18-,20?,21?,23?/m1/s1. The summed E-state index contributed by atoms with van der Waals surface area (Å²) in [5, 5.41) is 9.02. The summed E-state index contributed by atoms with van der Waals surface area (Å²) < 4.78 is 37.7. The number of allylic oxidation sites excluding steroid dienone is 2. The van der Waals surface area contributed by atoms with E-state index < -0.39 is 34.4 Å². The molecule has 0 aromatic heterocycles. The largest absolute Gasteiger partial charge is 0.457 e. The van der Waals surface area contributed by atoms with Gasteiger partial charge in [-0.15, -0.1) is 0 Å². The second kappa shape index (κ2) is 7.65. The molecule has 31 heavy (non-hydrogen) atoms. The third kappa shape index (κ3) is 4.03. The zero-order valence-electron chi connectivity index (χ0n) is 16.9. The van der Waals surface area contributed by atoms with Crippen LogP contribution in [-0.2, 0) is 9.53 Å². The predicted octanol–water partition coefficient (Wildman–Crippen LogP) is 6.25. The van der Waals surface area contributed by atoms with E-state index in [4.69, 9.17) is 21.1 Å². The summed E-state index contributed by atoms with van der Waals surface area (Å²) >= 11 is 5.67. The number of para-hydroxylation sites is 1. The molecule has 0 N–H and O–H groups in total. The maximum atomic E-state index is 13.3. The van der Waals surface area contributed by atoms with Crippen LogP contribution >= 0.6 is 11.6 Å². The van der Waals surface area contributed by atoms with Crippen molar-refractivity contribution in [1.29, 1.82) is 5.26 Å². The highest BCUT2D eigenvalue weighted by Crippen LogP contribution is 2.84. The molecule has 2 saturated carbocycles. The van der Waals surface area contributed by atoms with Gasteiger partial charge in [-0.1, -0.05) is 54.9 Å². The number of rotatable bonds is 7. The molecule has 0 saturated heterocycles. The van der Waals surface area contributed by atoms with Gasteiger partial charge in [-0.25, -0.2) is 8.78 Å². The maximum Gasteiger partial charge on any atom is 0.311 e. The lowest BCUT2D eigenvalue weighted by Crippen LogP contribution is -2.21. The first kappa shape index (κ1) is 21.3. The van der Waals surface area contributed by atoms with Crippen molar-refractivity contribution in [2.75, 3.05) is 0 Å². The number of carbonyl (C=O) groups excluding carboxylic acids is 1. The van der Waals surface area contributed by atoms with Crippen molar-refractivity contribution >= 4 is 17.6 Å². The van der Waals surface area contributed by atoms with Crippen molar-refractivity contribution in [2.24, 2.45) is 23.2 Å². The average Bonchev–Trinajstić information content (AvgIpc) is 3.55. The number of carbonyl (C=O) groups is 1. The number of halogens is 3. The van der Waals surface area contributed by atoms with Crippen LogP contribution in [-0.4, -0.2) is 11.9 Å². The molecule has 2 fully saturated rings. The molecule has 0 heterocycles. The van der Waals surface area contributed by atoms with E-state index in [1.165, 1.54) is 6.08 Å². The highest BCUT2D eigenvalue weighted by molar-refractivity contribution is 6.30. The minimum atomic E-state index is -3.10. The number of nitrogens with zero attached hydrogens (tertiary/aromatic N) is 1.